The first-order valence-corrected chi connectivity index (χ1v) is 13.0. The largest absolute Gasteiger partial charge is 0.330 e. The Morgan fingerprint density at radius 2 is 1.28 bits per heavy atom. The Bertz CT molecular complexity index is 1230. The van der Waals surface area contributed by atoms with Gasteiger partial charge in [0.15, 0.2) is 0 Å². The molecule has 0 radical (unpaired) electrons. The maximum absolute atomic E-state index is 13.8. The number of nitrogens with zero attached hydrogens (tertiary/aromatic N) is 1. The van der Waals surface area contributed by atoms with Crippen molar-refractivity contribution in [3.8, 4) is 11.1 Å². The van der Waals surface area contributed by atoms with Crippen molar-refractivity contribution in [1.82, 2.24) is 4.90 Å². The topological polar surface area (TPSA) is 20.3 Å². The van der Waals surface area contributed by atoms with Gasteiger partial charge in [-0.15, -0.1) is 0 Å². The minimum absolute atomic E-state index is 0.0629. The first-order valence-electron chi connectivity index (χ1n) is 13.0. The van der Waals surface area contributed by atoms with Crippen LogP contribution in [-0.2, 0) is 6.54 Å². The molecule has 0 fully saturated rings. The van der Waals surface area contributed by atoms with Gasteiger partial charge in [-0.1, -0.05) is 135 Å². The second kappa shape index (κ2) is 13.3. The summed E-state index contributed by atoms with van der Waals surface area (Å²) < 4.78 is 0. The number of benzene rings is 4. The van der Waals surface area contributed by atoms with Gasteiger partial charge in [0, 0.05) is 18.7 Å². The van der Waals surface area contributed by atoms with Crippen molar-refractivity contribution >= 4 is 12.0 Å². The maximum atomic E-state index is 13.8. The van der Waals surface area contributed by atoms with E-state index in [9.17, 15) is 4.79 Å². The van der Waals surface area contributed by atoms with Crippen LogP contribution in [0.25, 0.3) is 17.2 Å². The van der Waals surface area contributed by atoms with Crippen LogP contribution in [0.1, 0.15) is 54.1 Å². The van der Waals surface area contributed by atoms with Crippen LogP contribution in [0.4, 0.5) is 0 Å². The van der Waals surface area contributed by atoms with Crippen molar-refractivity contribution in [2.24, 2.45) is 0 Å². The van der Waals surface area contributed by atoms with Crippen LogP contribution in [0.5, 0.6) is 0 Å². The number of carbonyl (C=O) groups excluding carboxylic acids is 1. The van der Waals surface area contributed by atoms with Crippen molar-refractivity contribution in [1.29, 1.82) is 0 Å². The second-order valence-corrected chi connectivity index (χ2v) is 9.26. The lowest BCUT2D eigenvalue weighted by Crippen LogP contribution is -2.32. The Kier molecular flexibility index (Phi) is 9.27. The van der Waals surface area contributed by atoms with Gasteiger partial charge in [0.1, 0.15) is 0 Å². The molecule has 0 spiro atoms. The van der Waals surface area contributed by atoms with E-state index in [2.05, 4.69) is 61.5 Å². The molecular weight excluding hydrogens is 438 g/mol. The average molecular weight is 474 g/mol. The van der Waals surface area contributed by atoms with Crippen molar-refractivity contribution in [2.75, 3.05) is 6.54 Å². The zero-order valence-corrected chi connectivity index (χ0v) is 21.1. The summed E-state index contributed by atoms with van der Waals surface area (Å²) in [6.45, 7) is 3.43. The van der Waals surface area contributed by atoms with E-state index in [1.807, 2.05) is 71.6 Å². The highest BCUT2D eigenvalue weighted by Gasteiger charge is 2.18. The monoisotopic (exact) mass is 473 g/mol. The first kappa shape index (κ1) is 25.2. The van der Waals surface area contributed by atoms with E-state index in [-0.39, 0.29) is 5.91 Å². The number of hydrogen-bond acceptors (Lipinski definition) is 1. The second-order valence-electron chi connectivity index (χ2n) is 9.26. The molecule has 0 heterocycles. The molecule has 4 rings (SSSR count). The summed E-state index contributed by atoms with van der Waals surface area (Å²) in [5, 5.41) is 0. The zero-order chi connectivity index (χ0) is 25.0. The van der Waals surface area contributed by atoms with Gasteiger partial charge in [-0.2, -0.15) is 0 Å². The Hall–Kier alpha value is -3.91. The summed E-state index contributed by atoms with van der Waals surface area (Å²) in [6.07, 6.45) is 6.76. The fourth-order valence-electron chi connectivity index (χ4n) is 4.45. The Morgan fingerprint density at radius 3 is 1.92 bits per heavy atom. The average Bonchev–Trinajstić information content (AvgIpc) is 2.94. The predicted molar refractivity (Wildman–Crippen MR) is 152 cm³/mol. The van der Waals surface area contributed by atoms with Crippen molar-refractivity contribution in [3.63, 3.8) is 0 Å². The smallest absolute Gasteiger partial charge is 0.254 e. The van der Waals surface area contributed by atoms with Crippen molar-refractivity contribution < 1.29 is 4.79 Å². The summed E-state index contributed by atoms with van der Waals surface area (Å²) in [6, 6.07) is 39.0. The van der Waals surface area contributed by atoms with Crippen LogP contribution in [0.3, 0.4) is 0 Å². The first-order chi connectivity index (χ1) is 17.7. The van der Waals surface area contributed by atoms with Gasteiger partial charge >= 0.3 is 0 Å². The van der Waals surface area contributed by atoms with Crippen molar-refractivity contribution in [2.45, 2.75) is 39.2 Å². The van der Waals surface area contributed by atoms with E-state index in [0.717, 1.165) is 35.1 Å². The van der Waals surface area contributed by atoms with E-state index in [1.165, 1.54) is 24.0 Å². The molecule has 0 unspecified atom stereocenters. The van der Waals surface area contributed by atoms with E-state index < -0.39 is 0 Å². The van der Waals surface area contributed by atoms with Gasteiger partial charge < -0.3 is 4.90 Å². The highest BCUT2D eigenvalue weighted by atomic mass is 16.2. The van der Waals surface area contributed by atoms with Gasteiger partial charge in [0.25, 0.3) is 5.91 Å². The fourth-order valence-corrected chi connectivity index (χ4v) is 4.45. The van der Waals surface area contributed by atoms with Crippen LogP contribution in [-0.4, -0.2) is 17.4 Å². The molecular formula is C34H35NO. The molecule has 2 heteroatoms. The molecule has 36 heavy (non-hydrogen) atoms. The molecule has 0 aromatic heterocycles. The molecule has 2 nitrogen and oxygen atoms in total. The molecule has 0 atom stereocenters. The molecule has 0 N–H and O–H groups in total. The number of carbonyl (C=O) groups is 1. The highest BCUT2D eigenvalue weighted by Crippen LogP contribution is 2.22. The van der Waals surface area contributed by atoms with Crippen LogP contribution >= 0.6 is 0 Å². The molecule has 0 saturated carbocycles. The quantitative estimate of drug-likeness (QED) is 0.200. The third kappa shape index (κ3) is 7.29. The number of hydrogen-bond donors (Lipinski definition) is 0. The molecule has 4 aromatic rings. The van der Waals surface area contributed by atoms with Gasteiger partial charge in [-0.3, -0.25) is 4.79 Å². The molecule has 0 saturated heterocycles. The van der Waals surface area contributed by atoms with Gasteiger partial charge in [-0.05, 0) is 47.2 Å². The number of rotatable bonds is 11. The summed E-state index contributed by atoms with van der Waals surface area (Å²) in [7, 11) is 0. The minimum atomic E-state index is 0.0629. The number of amides is 1. The summed E-state index contributed by atoms with van der Waals surface area (Å²) in [4.78, 5) is 15.8. The molecule has 4 aromatic carbocycles. The summed E-state index contributed by atoms with van der Waals surface area (Å²) in [5.74, 6) is 0.0629. The van der Waals surface area contributed by atoms with E-state index in [4.69, 9.17) is 0 Å². The molecule has 1 amide bonds. The molecule has 0 aliphatic heterocycles. The number of unbranched alkanes of at least 4 members (excludes halogenated alkanes) is 2. The third-order valence-corrected chi connectivity index (χ3v) is 6.41. The Labute approximate surface area is 215 Å². The van der Waals surface area contributed by atoms with Gasteiger partial charge in [0.05, 0.1) is 0 Å². The molecule has 0 bridgehead atoms. The van der Waals surface area contributed by atoms with Crippen LogP contribution < -0.4 is 0 Å². The predicted octanol–water partition coefficient (Wildman–Crippen LogP) is 8.66. The molecule has 0 aliphatic rings. The molecule has 182 valence electrons. The maximum Gasteiger partial charge on any atom is 0.254 e. The van der Waals surface area contributed by atoms with E-state index in [0.29, 0.717) is 13.1 Å². The molecule has 0 aliphatic carbocycles. The van der Waals surface area contributed by atoms with E-state index >= 15 is 0 Å². The van der Waals surface area contributed by atoms with E-state index in [1.54, 1.807) is 0 Å². The third-order valence-electron chi connectivity index (χ3n) is 6.41. The summed E-state index contributed by atoms with van der Waals surface area (Å²) >= 11 is 0. The minimum Gasteiger partial charge on any atom is -0.330 e. The van der Waals surface area contributed by atoms with Crippen LogP contribution in [0, 0.1) is 0 Å². The SMILES string of the molecule is CCCCC/C(=C\c1ccccc1)CN(Cc1ccccc1)C(=O)c1ccc(-c2ccccc2)cc1. The lowest BCUT2D eigenvalue weighted by atomic mass is 10.0. The lowest BCUT2D eigenvalue weighted by molar-refractivity contribution is 0.0757. The van der Waals surface area contributed by atoms with Gasteiger partial charge in [-0.25, -0.2) is 0 Å². The lowest BCUT2D eigenvalue weighted by Gasteiger charge is -2.25. The Balaban J connectivity index is 1.60. The summed E-state index contributed by atoms with van der Waals surface area (Å²) in [5.41, 5.74) is 6.60. The van der Waals surface area contributed by atoms with Gasteiger partial charge in [0.2, 0.25) is 0 Å². The van der Waals surface area contributed by atoms with Crippen LogP contribution in [0.2, 0.25) is 0 Å². The van der Waals surface area contributed by atoms with Crippen LogP contribution in [0.15, 0.2) is 121 Å². The highest BCUT2D eigenvalue weighted by molar-refractivity contribution is 5.95. The Morgan fingerprint density at radius 1 is 0.694 bits per heavy atom. The fraction of sp³-hybridized carbons (Fsp3) is 0.206. The standard InChI is InChI=1S/C34H35NO/c1-2-3-7-18-30(25-28-14-8-4-9-15-28)27-35(26-29-16-10-5-11-17-29)34(36)33-23-21-32(22-24-33)31-19-12-6-13-20-31/h4-6,8-17,19-25H,2-3,7,18,26-27H2,1H3/b30-25+. The van der Waals surface area contributed by atoms with Crippen molar-refractivity contribution in [3.05, 3.63) is 138 Å². The normalized spacial score (nSPS) is 11.3. The zero-order valence-electron chi connectivity index (χ0n) is 21.1.